The predicted octanol–water partition coefficient (Wildman–Crippen LogP) is 2.16. The number of carbonyl (C=O) groups is 1. The number of nitro benzene ring substituents is 1. The molecule has 0 spiro atoms. The second-order valence-electron chi connectivity index (χ2n) is 4.82. The van der Waals surface area contributed by atoms with Gasteiger partial charge in [-0.3, -0.25) is 20.2 Å². The molecule has 20 heavy (non-hydrogen) atoms. The van der Waals surface area contributed by atoms with Crippen molar-refractivity contribution in [1.29, 1.82) is 0 Å². The number of rotatable bonds is 4. The van der Waals surface area contributed by atoms with Crippen molar-refractivity contribution in [2.75, 3.05) is 6.54 Å². The molecular weight excluding hydrogens is 278 g/mol. The first-order valence-electron chi connectivity index (χ1n) is 6.15. The second-order valence-corrected chi connectivity index (χ2v) is 5.22. The van der Waals surface area contributed by atoms with Crippen molar-refractivity contribution in [2.24, 2.45) is 5.92 Å². The van der Waals surface area contributed by atoms with Gasteiger partial charge in [0.25, 0.3) is 11.6 Å². The van der Waals surface area contributed by atoms with Gasteiger partial charge < -0.3 is 5.32 Å². The number of aryl methyl sites for hydroxylation is 1. The monoisotopic (exact) mass is 295 g/mol. The Bertz CT molecular complexity index is 544. The Labute approximate surface area is 122 Å². The summed E-state index contributed by atoms with van der Waals surface area (Å²) >= 11 is 5.00. The minimum atomic E-state index is -0.480. The minimum Gasteiger partial charge on any atom is -0.362 e. The Balaban J connectivity index is 2.71. The van der Waals surface area contributed by atoms with Gasteiger partial charge in [-0.2, -0.15) is 0 Å². The van der Waals surface area contributed by atoms with Crippen LogP contribution in [0.4, 0.5) is 5.69 Å². The lowest BCUT2D eigenvalue weighted by molar-refractivity contribution is -0.385. The van der Waals surface area contributed by atoms with Gasteiger partial charge in [0, 0.05) is 23.7 Å². The number of benzene rings is 1. The topological polar surface area (TPSA) is 84.3 Å². The van der Waals surface area contributed by atoms with Crippen molar-refractivity contribution in [2.45, 2.75) is 20.8 Å². The third-order valence-electron chi connectivity index (χ3n) is 2.55. The molecule has 0 unspecified atom stereocenters. The summed E-state index contributed by atoms with van der Waals surface area (Å²) in [5.74, 6) is 0.0238. The van der Waals surface area contributed by atoms with Crippen LogP contribution < -0.4 is 10.6 Å². The van der Waals surface area contributed by atoms with Crippen LogP contribution in [0, 0.1) is 23.0 Å². The maximum absolute atomic E-state index is 11.9. The normalized spacial score (nSPS) is 10.2. The van der Waals surface area contributed by atoms with Crippen LogP contribution in [-0.4, -0.2) is 22.5 Å². The molecule has 0 saturated carbocycles. The Morgan fingerprint density at radius 2 is 2.10 bits per heavy atom. The van der Waals surface area contributed by atoms with Crippen molar-refractivity contribution >= 4 is 28.9 Å². The number of hydrogen-bond acceptors (Lipinski definition) is 4. The third kappa shape index (κ3) is 4.58. The molecule has 7 heteroatoms. The van der Waals surface area contributed by atoms with Crippen molar-refractivity contribution in [1.82, 2.24) is 10.6 Å². The Morgan fingerprint density at radius 1 is 1.45 bits per heavy atom. The molecule has 6 nitrogen and oxygen atoms in total. The first-order valence-corrected chi connectivity index (χ1v) is 6.56. The van der Waals surface area contributed by atoms with E-state index in [4.69, 9.17) is 12.2 Å². The van der Waals surface area contributed by atoms with Crippen molar-refractivity contribution in [3.05, 3.63) is 39.4 Å². The molecule has 0 aromatic heterocycles. The summed E-state index contributed by atoms with van der Waals surface area (Å²) in [6.07, 6.45) is 0. The Morgan fingerprint density at radius 3 is 2.60 bits per heavy atom. The lowest BCUT2D eigenvalue weighted by atomic mass is 10.1. The molecule has 0 atom stereocenters. The largest absolute Gasteiger partial charge is 0.362 e. The zero-order valence-electron chi connectivity index (χ0n) is 11.6. The molecule has 0 saturated heterocycles. The summed E-state index contributed by atoms with van der Waals surface area (Å²) in [5.41, 5.74) is 0.757. The van der Waals surface area contributed by atoms with E-state index in [2.05, 4.69) is 10.6 Å². The zero-order chi connectivity index (χ0) is 15.3. The Kier molecular flexibility index (Phi) is 5.57. The maximum Gasteiger partial charge on any atom is 0.272 e. The highest BCUT2D eigenvalue weighted by Gasteiger charge is 2.14. The fourth-order valence-electron chi connectivity index (χ4n) is 1.52. The maximum atomic E-state index is 11.9. The van der Waals surface area contributed by atoms with Crippen LogP contribution in [0.15, 0.2) is 18.2 Å². The summed E-state index contributed by atoms with van der Waals surface area (Å²) in [5, 5.41) is 16.4. The molecule has 0 radical (unpaired) electrons. The lowest BCUT2D eigenvalue weighted by Gasteiger charge is -2.11. The number of thiocarbonyl (C=S) groups is 1. The van der Waals surface area contributed by atoms with Crippen LogP contribution in [0.25, 0.3) is 0 Å². The van der Waals surface area contributed by atoms with Crippen molar-refractivity contribution in [3.8, 4) is 0 Å². The molecule has 1 amide bonds. The first-order chi connectivity index (χ1) is 9.31. The van der Waals surface area contributed by atoms with E-state index in [1.54, 1.807) is 6.92 Å². The number of nitrogens with one attached hydrogen (secondary N) is 2. The molecule has 1 aromatic rings. The van der Waals surface area contributed by atoms with Crippen LogP contribution >= 0.6 is 12.2 Å². The summed E-state index contributed by atoms with van der Waals surface area (Å²) in [6.45, 7) is 6.30. The van der Waals surface area contributed by atoms with Crippen molar-refractivity contribution < 1.29 is 9.72 Å². The SMILES string of the molecule is Cc1cc(C(=O)NC(=S)NCC(C)C)ccc1[N+](=O)[O-]. The summed E-state index contributed by atoms with van der Waals surface area (Å²) in [6, 6.07) is 4.19. The predicted molar refractivity (Wildman–Crippen MR) is 80.7 cm³/mol. The number of carbonyl (C=O) groups excluding carboxylic acids is 1. The van der Waals surface area contributed by atoms with Gasteiger partial charge in [-0.15, -0.1) is 0 Å². The minimum absolute atomic E-state index is 0.0120. The molecule has 108 valence electrons. The average molecular weight is 295 g/mol. The number of hydrogen-bond donors (Lipinski definition) is 2. The molecule has 0 aliphatic rings. The van der Waals surface area contributed by atoms with Crippen molar-refractivity contribution in [3.63, 3.8) is 0 Å². The van der Waals surface area contributed by atoms with Gasteiger partial charge in [0.05, 0.1) is 4.92 Å². The van der Waals surface area contributed by atoms with Crippen LogP contribution in [0.2, 0.25) is 0 Å². The number of nitrogens with zero attached hydrogens (tertiary/aromatic N) is 1. The zero-order valence-corrected chi connectivity index (χ0v) is 12.4. The fourth-order valence-corrected chi connectivity index (χ4v) is 1.69. The van der Waals surface area contributed by atoms with Gasteiger partial charge in [0.15, 0.2) is 5.11 Å². The van der Waals surface area contributed by atoms with Gasteiger partial charge in [-0.1, -0.05) is 13.8 Å². The quantitative estimate of drug-likeness (QED) is 0.505. The van der Waals surface area contributed by atoms with E-state index in [1.807, 2.05) is 13.8 Å². The van der Waals surface area contributed by atoms with Gasteiger partial charge in [0.1, 0.15) is 0 Å². The molecular formula is C13H17N3O3S. The average Bonchev–Trinajstić information content (AvgIpc) is 2.35. The van der Waals surface area contributed by atoms with Crippen LogP contribution in [-0.2, 0) is 0 Å². The molecule has 0 aliphatic heterocycles. The first kappa shape index (κ1) is 16.0. The highest BCUT2D eigenvalue weighted by atomic mass is 32.1. The molecule has 0 bridgehead atoms. The number of nitro groups is 1. The van der Waals surface area contributed by atoms with Crippen LogP contribution in [0.3, 0.4) is 0 Å². The van der Waals surface area contributed by atoms with E-state index in [9.17, 15) is 14.9 Å². The number of amides is 1. The molecule has 0 fully saturated rings. The van der Waals surface area contributed by atoms with E-state index >= 15 is 0 Å². The lowest BCUT2D eigenvalue weighted by Crippen LogP contribution is -2.40. The van der Waals surface area contributed by atoms with E-state index < -0.39 is 4.92 Å². The molecule has 1 aromatic carbocycles. The summed E-state index contributed by atoms with van der Waals surface area (Å²) in [7, 11) is 0. The van der Waals surface area contributed by atoms with Gasteiger partial charge >= 0.3 is 0 Å². The second kappa shape index (κ2) is 6.95. The standard InChI is InChI=1S/C13H17N3O3S/c1-8(2)7-14-13(20)15-12(17)10-4-5-11(16(18)19)9(3)6-10/h4-6,8H,7H2,1-3H3,(H2,14,15,17,20). The van der Waals surface area contributed by atoms with Gasteiger partial charge in [-0.25, -0.2) is 0 Å². The van der Waals surface area contributed by atoms with E-state index in [0.717, 1.165) is 0 Å². The van der Waals surface area contributed by atoms with E-state index in [1.165, 1.54) is 18.2 Å². The summed E-state index contributed by atoms with van der Waals surface area (Å²) < 4.78 is 0. The molecule has 2 N–H and O–H groups in total. The molecule has 0 heterocycles. The van der Waals surface area contributed by atoms with Crippen LogP contribution in [0.1, 0.15) is 29.8 Å². The van der Waals surface area contributed by atoms with E-state index in [-0.39, 0.29) is 16.7 Å². The van der Waals surface area contributed by atoms with Gasteiger partial charge in [-0.05, 0) is 37.2 Å². The highest BCUT2D eigenvalue weighted by molar-refractivity contribution is 7.80. The van der Waals surface area contributed by atoms with E-state index in [0.29, 0.717) is 23.6 Å². The highest BCUT2D eigenvalue weighted by Crippen LogP contribution is 2.18. The molecule has 1 rings (SSSR count). The molecule has 0 aliphatic carbocycles. The third-order valence-corrected chi connectivity index (χ3v) is 2.80. The fraction of sp³-hybridized carbons (Fsp3) is 0.385. The Hall–Kier alpha value is -2.02. The van der Waals surface area contributed by atoms with Gasteiger partial charge in [0.2, 0.25) is 0 Å². The summed E-state index contributed by atoms with van der Waals surface area (Å²) in [4.78, 5) is 22.1. The smallest absolute Gasteiger partial charge is 0.272 e. The van der Waals surface area contributed by atoms with Crippen LogP contribution in [0.5, 0.6) is 0 Å².